The van der Waals surface area contributed by atoms with Gasteiger partial charge in [-0.2, -0.15) is 0 Å². The number of anilines is 1. The number of ether oxygens (including phenoxy) is 2. The number of fused-ring (bicyclic) bond motifs is 2. The molecule has 0 radical (unpaired) electrons. The average molecular weight is 364 g/mol. The van der Waals surface area contributed by atoms with Crippen molar-refractivity contribution in [2.75, 3.05) is 11.9 Å². The second kappa shape index (κ2) is 6.79. The van der Waals surface area contributed by atoms with Crippen molar-refractivity contribution in [3.8, 4) is 11.5 Å². The smallest absolute Gasteiger partial charge is 0.256 e. The fraction of sp³-hybridized carbons (Fsp3) is 0.238. The van der Waals surface area contributed by atoms with E-state index in [1.165, 1.54) is 6.07 Å². The second-order valence-electron chi connectivity index (χ2n) is 6.57. The summed E-state index contributed by atoms with van der Waals surface area (Å²) in [6, 6.07) is 12.2. The fourth-order valence-electron chi connectivity index (χ4n) is 3.39. The average Bonchev–Trinajstić information content (AvgIpc) is 3.00. The van der Waals surface area contributed by atoms with E-state index in [2.05, 4.69) is 10.3 Å². The van der Waals surface area contributed by atoms with Gasteiger partial charge in [-0.3, -0.25) is 9.59 Å². The van der Waals surface area contributed by atoms with Gasteiger partial charge in [0.1, 0.15) is 17.6 Å². The number of pyridine rings is 1. The van der Waals surface area contributed by atoms with Crippen LogP contribution in [0.5, 0.6) is 11.5 Å². The van der Waals surface area contributed by atoms with E-state index in [0.717, 1.165) is 17.7 Å². The molecule has 4 rings (SSSR count). The lowest BCUT2D eigenvalue weighted by atomic mass is 10.1. The highest BCUT2D eigenvalue weighted by Gasteiger charge is 2.23. The van der Waals surface area contributed by atoms with E-state index in [0.29, 0.717) is 34.5 Å². The molecular weight excluding hydrogens is 344 g/mol. The summed E-state index contributed by atoms with van der Waals surface area (Å²) < 4.78 is 11.5. The Hall–Kier alpha value is -3.28. The summed E-state index contributed by atoms with van der Waals surface area (Å²) >= 11 is 0. The molecule has 2 aromatic carbocycles. The number of rotatable bonds is 4. The summed E-state index contributed by atoms with van der Waals surface area (Å²) in [5, 5.41) is 3.56. The maximum absolute atomic E-state index is 12.9. The lowest BCUT2D eigenvalue weighted by Gasteiger charge is -2.14. The van der Waals surface area contributed by atoms with Crippen molar-refractivity contribution in [1.29, 1.82) is 0 Å². The third kappa shape index (κ3) is 3.26. The molecule has 1 aromatic heterocycles. The Labute approximate surface area is 156 Å². The van der Waals surface area contributed by atoms with E-state index < -0.39 is 0 Å². The van der Waals surface area contributed by atoms with Gasteiger partial charge in [0, 0.05) is 35.0 Å². The SMILES string of the molecule is CCOc1cc2c(cc1NC(=O)c1cc(=O)[nH]c3ccccc13)OC(C)C2. The molecule has 0 aliphatic carbocycles. The minimum absolute atomic E-state index is 0.0945. The summed E-state index contributed by atoms with van der Waals surface area (Å²) in [5.74, 6) is 0.970. The molecule has 1 amide bonds. The molecule has 6 nitrogen and oxygen atoms in total. The Bertz CT molecular complexity index is 1090. The topological polar surface area (TPSA) is 80.4 Å². The Morgan fingerprint density at radius 3 is 2.93 bits per heavy atom. The molecule has 0 spiro atoms. The zero-order valence-corrected chi connectivity index (χ0v) is 15.2. The van der Waals surface area contributed by atoms with E-state index in [1.807, 2.05) is 32.0 Å². The van der Waals surface area contributed by atoms with Gasteiger partial charge in [0.15, 0.2) is 0 Å². The lowest BCUT2D eigenvalue weighted by molar-refractivity contribution is 0.102. The first-order chi connectivity index (χ1) is 13.0. The van der Waals surface area contributed by atoms with Crippen molar-refractivity contribution in [2.24, 2.45) is 0 Å². The van der Waals surface area contributed by atoms with Crippen LogP contribution in [-0.4, -0.2) is 23.6 Å². The molecule has 3 aromatic rings. The maximum Gasteiger partial charge on any atom is 0.256 e. The molecule has 1 aliphatic rings. The summed E-state index contributed by atoms with van der Waals surface area (Å²) in [6.45, 7) is 4.37. The first-order valence-corrected chi connectivity index (χ1v) is 8.95. The van der Waals surface area contributed by atoms with E-state index in [1.54, 1.807) is 18.2 Å². The van der Waals surface area contributed by atoms with Crippen LogP contribution in [0, 0.1) is 0 Å². The minimum atomic E-state index is -0.371. The monoisotopic (exact) mass is 364 g/mol. The van der Waals surface area contributed by atoms with Gasteiger partial charge >= 0.3 is 0 Å². The standard InChI is InChI=1S/C21H20N2O4/c1-3-26-19-9-13-8-12(2)27-18(13)11-17(19)23-21(25)15-10-20(24)22-16-7-5-4-6-14(15)16/h4-7,9-12H,3,8H2,1-2H3,(H,22,24)(H,23,25). The molecule has 0 saturated carbocycles. The van der Waals surface area contributed by atoms with Crippen LogP contribution >= 0.6 is 0 Å². The number of carbonyl (C=O) groups is 1. The van der Waals surface area contributed by atoms with Crippen LogP contribution < -0.4 is 20.3 Å². The number of nitrogens with one attached hydrogen (secondary N) is 2. The lowest BCUT2D eigenvalue weighted by Crippen LogP contribution is -2.17. The third-order valence-electron chi connectivity index (χ3n) is 4.54. The number of amides is 1. The van der Waals surface area contributed by atoms with Crippen molar-refractivity contribution in [1.82, 2.24) is 4.98 Å². The molecular formula is C21H20N2O4. The summed E-state index contributed by atoms with van der Waals surface area (Å²) in [7, 11) is 0. The van der Waals surface area contributed by atoms with Crippen LogP contribution in [0.3, 0.4) is 0 Å². The van der Waals surface area contributed by atoms with Gasteiger partial charge in [-0.25, -0.2) is 0 Å². The van der Waals surface area contributed by atoms with Crippen LogP contribution in [0.4, 0.5) is 5.69 Å². The van der Waals surface area contributed by atoms with Gasteiger partial charge in [-0.1, -0.05) is 18.2 Å². The van der Waals surface area contributed by atoms with Gasteiger partial charge in [0.25, 0.3) is 5.91 Å². The molecule has 1 atom stereocenters. The predicted molar refractivity (Wildman–Crippen MR) is 104 cm³/mol. The number of aromatic amines is 1. The molecule has 0 bridgehead atoms. The van der Waals surface area contributed by atoms with E-state index in [-0.39, 0.29) is 17.6 Å². The molecule has 0 saturated heterocycles. The number of benzene rings is 2. The van der Waals surface area contributed by atoms with E-state index in [9.17, 15) is 9.59 Å². The highest BCUT2D eigenvalue weighted by Crippen LogP contribution is 2.38. The first-order valence-electron chi connectivity index (χ1n) is 8.95. The highest BCUT2D eigenvalue weighted by molar-refractivity contribution is 6.12. The zero-order chi connectivity index (χ0) is 19.0. The highest BCUT2D eigenvalue weighted by atomic mass is 16.5. The first kappa shape index (κ1) is 17.1. The van der Waals surface area contributed by atoms with Crippen molar-refractivity contribution >= 4 is 22.5 Å². The largest absolute Gasteiger partial charge is 0.492 e. The number of carbonyl (C=O) groups excluding carboxylic acids is 1. The molecule has 27 heavy (non-hydrogen) atoms. The van der Waals surface area contributed by atoms with Crippen LogP contribution in [0.25, 0.3) is 10.9 Å². The van der Waals surface area contributed by atoms with Gasteiger partial charge < -0.3 is 19.8 Å². The number of hydrogen-bond acceptors (Lipinski definition) is 4. The molecule has 2 N–H and O–H groups in total. The van der Waals surface area contributed by atoms with Gasteiger partial charge in [-0.15, -0.1) is 0 Å². The Morgan fingerprint density at radius 1 is 1.30 bits per heavy atom. The van der Waals surface area contributed by atoms with Gasteiger partial charge in [0.05, 0.1) is 17.9 Å². The number of para-hydroxylation sites is 1. The second-order valence-corrected chi connectivity index (χ2v) is 6.57. The van der Waals surface area contributed by atoms with Gasteiger partial charge in [0.2, 0.25) is 5.56 Å². The molecule has 6 heteroatoms. The fourth-order valence-corrected chi connectivity index (χ4v) is 3.39. The summed E-state index contributed by atoms with van der Waals surface area (Å²) in [5.41, 5.74) is 2.19. The number of H-pyrrole nitrogens is 1. The van der Waals surface area contributed by atoms with E-state index >= 15 is 0 Å². The molecule has 1 aliphatic heterocycles. The Balaban J connectivity index is 1.74. The maximum atomic E-state index is 12.9. The van der Waals surface area contributed by atoms with Crippen LogP contribution in [0.1, 0.15) is 29.8 Å². The van der Waals surface area contributed by atoms with Crippen molar-refractivity contribution in [3.05, 3.63) is 63.9 Å². The van der Waals surface area contributed by atoms with E-state index in [4.69, 9.17) is 9.47 Å². The Morgan fingerprint density at radius 2 is 2.11 bits per heavy atom. The molecule has 0 fully saturated rings. The molecule has 1 unspecified atom stereocenters. The van der Waals surface area contributed by atoms with Crippen molar-refractivity contribution in [3.63, 3.8) is 0 Å². The summed E-state index contributed by atoms with van der Waals surface area (Å²) in [6.07, 6.45) is 0.902. The van der Waals surface area contributed by atoms with Crippen molar-refractivity contribution < 1.29 is 14.3 Å². The molecule has 2 heterocycles. The Kier molecular flexibility index (Phi) is 4.32. The quantitative estimate of drug-likeness (QED) is 0.742. The van der Waals surface area contributed by atoms with Crippen LogP contribution in [0.15, 0.2) is 47.3 Å². The van der Waals surface area contributed by atoms with Crippen LogP contribution in [0.2, 0.25) is 0 Å². The number of aromatic nitrogens is 1. The third-order valence-corrected chi connectivity index (χ3v) is 4.54. The predicted octanol–water partition coefficient (Wildman–Crippen LogP) is 3.50. The number of hydrogen-bond donors (Lipinski definition) is 2. The van der Waals surface area contributed by atoms with Crippen LogP contribution in [-0.2, 0) is 6.42 Å². The zero-order valence-electron chi connectivity index (χ0n) is 15.2. The molecule has 138 valence electrons. The van der Waals surface area contributed by atoms with Crippen molar-refractivity contribution in [2.45, 2.75) is 26.4 Å². The van der Waals surface area contributed by atoms with Gasteiger partial charge in [-0.05, 0) is 26.0 Å². The minimum Gasteiger partial charge on any atom is -0.492 e. The normalized spacial score (nSPS) is 15.3. The summed E-state index contributed by atoms with van der Waals surface area (Å²) in [4.78, 5) is 27.6.